The SMILES string of the molecule is O=C(NC1CCc2ccccc2C1)c1ccc2[nH]c(=O)c(=O)[nH]c2c1. The molecule has 1 unspecified atom stereocenters. The van der Waals surface area contributed by atoms with E-state index in [2.05, 4.69) is 27.4 Å². The highest BCUT2D eigenvalue weighted by atomic mass is 16.2. The van der Waals surface area contributed by atoms with Crippen LogP contribution in [-0.2, 0) is 12.8 Å². The molecule has 6 heteroatoms. The summed E-state index contributed by atoms with van der Waals surface area (Å²) in [6.07, 6.45) is 2.67. The molecule has 0 bridgehead atoms. The van der Waals surface area contributed by atoms with Crippen LogP contribution < -0.4 is 16.4 Å². The first kappa shape index (κ1) is 15.4. The fourth-order valence-electron chi connectivity index (χ4n) is 3.35. The lowest BCUT2D eigenvalue weighted by atomic mass is 9.88. The third-order valence-corrected chi connectivity index (χ3v) is 4.67. The van der Waals surface area contributed by atoms with Gasteiger partial charge in [-0.2, -0.15) is 0 Å². The fourth-order valence-corrected chi connectivity index (χ4v) is 3.35. The van der Waals surface area contributed by atoms with E-state index in [1.165, 1.54) is 11.1 Å². The molecule has 1 heterocycles. The summed E-state index contributed by atoms with van der Waals surface area (Å²) < 4.78 is 0. The van der Waals surface area contributed by atoms with Crippen LogP contribution in [0.3, 0.4) is 0 Å². The van der Waals surface area contributed by atoms with E-state index in [1.54, 1.807) is 18.2 Å². The minimum atomic E-state index is -0.728. The van der Waals surface area contributed by atoms with Gasteiger partial charge in [0.2, 0.25) is 0 Å². The van der Waals surface area contributed by atoms with Gasteiger partial charge in [-0.15, -0.1) is 0 Å². The normalized spacial score (nSPS) is 16.4. The second kappa shape index (κ2) is 6.05. The summed E-state index contributed by atoms with van der Waals surface area (Å²) in [6.45, 7) is 0. The van der Waals surface area contributed by atoms with Crippen LogP contribution >= 0.6 is 0 Å². The van der Waals surface area contributed by atoms with Crippen molar-refractivity contribution < 1.29 is 4.79 Å². The van der Waals surface area contributed by atoms with Gasteiger partial charge in [-0.1, -0.05) is 24.3 Å². The van der Waals surface area contributed by atoms with Crippen molar-refractivity contribution in [1.29, 1.82) is 0 Å². The average Bonchev–Trinajstić information content (AvgIpc) is 2.62. The highest BCUT2D eigenvalue weighted by molar-refractivity contribution is 5.97. The molecule has 3 aromatic rings. The molecular formula is C19H17N3O3. The summed E-state index contributed by atoms with van der Waals surface area (Å²) in [4.78, 5) is 40.3. The zero-order valence-corrected chi connectivity index (χ0v) is 13.5. The van der Waals surface area contributed by atoms with Crippen molar-refractivity contribution in [3.8, 4) is 0 Å². The predicted molar refractivity (Wildman–Crippen MR) is 94.9 cm³/mol. The summed E-state index contributed by atoms with van der Waals surface area (Å²) in [5.74, 6) is -0.182. The summed E-state index contributed by atoms with van der Waals surface area (Å²) in [6, 6.07) is 13.2. The molecule has 0 fully saturated rings. The van der Waals surface area contributed by atoms with E-state index in [4.69, 9.17) is 0 Å². The number of hydrogen-bond acceptors (Lipinski definition) is 3. The highest BCUT2D eigenvalue weighted by Gasteiger charge is 2.20. The van der Waals surface area contributed by atoms with Crippen LogP contribution in [0.15, 0.2) is 52.1 Å². The summed E-state index contributed by atoms with van der Waals surface area (Å²) >= 11 is 0. The molecule has 1 amide bonds. The zero-order chi connectivity index (χ0) is 17.4. The van der Waals surface area contributed by atoms with Crippen LogP contribution in [0.1, 0.15) is 27.9 Å². The smallest absolute Gasteiger partial charge is 0.314 e. The number of nitrogens with one attached hydrogen (secondary N) is 3. The molecule has 0 radical (unpaired) electrons. The maximum atomic E-state index is 12.5. The second-order valence-corrected chi connectivity index (χ2v) is 6.35. The quantitative estimate of drug-likeness (QED) is 0.620. The largest absolute Gasteiger partial charge is 0.349 e. The average molecular weight is 335 g/mol. The third-order valence-electron chi connectivity index (χ3n) is 4.67. The number of carbonyl (C=O) groups is 1. The minimum Gasteiger partial charge on any atom is -0.349 e. The third kappa shape index (κ3) is 2.98. The number of aromatic nitrogens is 2. The van der Waals surface area contributed by atoms with Crippen LogP contribution in [0.25, 0.3) is 11.0 Å². The minimum absolute atomic E-state index is 0.0905. The van der Waals surface area contributed by atoms with Crippen LogP contribution in [-0.4, -0.2) is 21.9 Å². The van der Waals surface area contributed by atoms with Gasteiger partial charge in [-0.05, 0) is 48.6 Å². The topological polar surface area (TPSA) is 94.8 Å². The molecule has 6 nitrogen and oxygen atoms in total. The van der Waals surface area contributed by atoms with E-state index in [-0.39, 0.29) is 11.9 Å². The lowest BCUT2D eigenvalue weighted by Crippen LogP contribution is -2.38. The molecule has 3 N–H and O–H groups in total. The van der Waals surface area contributed by atoms with Gasteiger partial charge in [-0.25, -0.2) is 0 Å². The second-order valence-electron chi connectivity index (χ2n) is 6.35. The molecule has 4 rings (SSSR count). The van der Waals surface area contributed by atoms with Gasteiger partial charge in [0.05, 0.1) is 11.0 Å². The van der Waals surface area contributed by atoms with Gasteiger partial charge in [0.25, 0.3) is 5.91 Å². The van der Waals surface area contributed by atoms with Crippen molar-refractivity contribution in [2.75, 3.05) is 0 Å². The van der Waals surface area contributed by atoms with Crippen LogP contribution in [0, 0.1) is 0 Å². The molecule has 2 aromatic carbocycles. The van der Waals surface area contributed by atoms with Gasteiger partial charge in [-0.3, -0.25) is 14.4 Å². The highest BCUT2D eigenvalue weighted by Crippen LogP contribution is 2.21. The standard InChI is InChI=1S/C19H17N3O3/c23-17(20-14-7-5-11-3-1-2-4-12(11)9-14)13-6-8-15-16(10-13)22-19(25)18(24)21-15/h1-4,6,8,10,14H,5,7,9H2,(H,20,23)(H,21,24)(H,22,25). The molecule has 1 atom stereocenters. The maximum absolute atomic E-state index is 12.5. The van der Waals surface area contributed by atoms with Crippen molar-refractivity contribution in [3.63, 3.8) is 0 Å². The summed E-state index contributed by atoms with van der Waals surface area (Å²) in [7, 11) is 0. The number of H-pyrrole nitrogens is 2. The van der Waals surface area contributed by atoms with Crippen molar-refractivity contribution in [3.05, 3.63) is 79.9 Å². The number of aryl methyl sites for hydroxylation is 1. The van der Waals surface area contributed by atoms with Crippen molar-refractivity contribution in [2.24, 2.45) is 0 Å². The molecule has 0 spiro atoms. The molecule has 0 aliphatic heterocycles. The molecule has 1 aliphatic rings. The Morgan fingerprint density at radius 2 is 1.68 bits per heavy atom. The predicted octanol–water partition coefficient (Wildman–Crippen LogP) is 1.50. The molecule has 1 aromatic heterocycles. The first-order valence-electron chi connectivity index (χ1n) is 8.24. The molecule has 25 heavy (non-hydrogen) atoms. The van der Waals surface area contributed by atoms with Gasteiger partial charge in [0, 0.05) is 11.6 Å². The number of fused-ring (bicyclic) bond motifs is 2. The van der Waals surface area contributed by atoms with Gasteiger partial charge >= 0.3 is 11.1 Å². The van der Waals surface area contributed by atoms with Crippen LogP contribution in [0.2, 0.25) is 0 Å². The Morgan fingerprint density at radius 3 is 2.48 bits per heavy atom. The van der Waals surface area contributed by atoms with Crippen LogP contribution in [0.5, 0.6) is 0 Å². The summed E-state index contributed by atoms with van der Waals surface area (Å²) in [5, 5.41) is 3.06. The number of aromatic amines is 2. The lowest BCUT2D eigenvalue weighted by Gasteiger charge is -2.25. The number of rotatable bonds is 2. The Morgan fingerprint density at radius 1 is 0.960 bits per heavy atom. The summed E-state index contributed by atoms with van der Waals surface area (Å²) in [5.41, 5.74) is 2.58. The number of benzene rings is 2. The first-order valence-corrected chi connectivity index (χ1v) is 8.24. The Balaban J connectivity index is 1.55. The molecular weight excluding hydrogens is 318 g/mol. The monoisotopic (exact) mass is 335 g/mol. The number of amides is 1. The molecule has 1 aliphatic carbocycles. The van der Waals surface area contributed by atoms with Crippen LogP contribution in [0.4, 0.5) is 0 Å². The zero-order valence-electron chi connectivity index (χ0n) is 13.5. The fraction of sp³-hybridized carbons (Fsp3) is 0.211. The van der Waals surface area contributed by atoms with E-state index in [1.807, 2.05) is 12.1 Å². The molecule has 126 valence electrons. The molecule has 0 saturated carbocycles. The Hall–Kier alpha value is -3.15. The van der Waals surface area contributed by atoms with Gasteiger partial charge < -0.3 is 15.3 Å². The van der Waals surface area contributed by atoms with E-state index in [0.29, 0.717) is 16.6 Å². The van der Waals surface area contributed by atoms with E-state index >= 15 is 0 Å². The first-order chi connectivity index (χ1) is 12.1. The van der Waals surface area contributed by atoms with Crippen molar-refractivity contribution >= 4 is 16.9 Å². The number of hydrogen-bond donors (Lipinski definition) is 3. The Labute approximate surface area is 142 Å². The maximum Gasteiger partial charge on any atom is 0.314 e. The van der Waals surface area contributed by atoms with E-state index in [0.717, 1.165) is 19.3 Å². The Bertz CT molecular complexity index is 1080. The molecule has 0 saturated heterocycles. The van der Waals surface area contributed by atoms with Crippen molar-refractivity contribution in [2.45, 2.75) is 25.3 Å². The van der Waals surface area contributed by atoms with E-state index < -0.39 is 11.1 Å². The number of carbonyl (C=O) groups excluding carboxylic acids is 1. The van der Waals surface area contributed by atoms with Gasteiger partial charge in [0.15, 0.2) is 0 Å². The van der Waals surface area contributed by atoms with Crippen molar-refractivity contribution in [1.82, 2.24) is 15.3 Å². The lowest BCUT2D eigenvalue weighted by molar-refractivity contribution is 0.0934. The van der Waals surface area contributed by atoms with E-state index in [9.17, 15) is 14.4 Å². The Kier molecular flexibility index (Phi) is 3.72. The van der Waals surface area contributed by atoms with Gasteiger partial charge in [0.1, 0.15) is 0 Å².